The number of amides is 1. The number of phenols is 1. The fraction of sp³-hybridized carbons (Fsp3) is 0.458. The first-order valence-electron chi connectivity index (χ1n) is 10.9. The molecule has 0 radical (unpaired) electrons. The molecule has 2 heterocycles. The molecule has 2 aromatic heterocycles. The second kappa shape index (κ2) is 8.57. The molecule has 3 aromatic rings. The van der Waals surface area contributed by atoms with Gasteiger partial charge in [-0.15, -0.1) is 10.2 Å². The van der Waals surface area contributed by atoms with Gasteiger partial charge in [0.1, 0.15) is 11.3 Å². The van der Waals surface area contributed by atoms with Crippen LogP contribution < -0.4 is 10.2 Å². The number of aromatic hydroxyl groups is 1. The molecular weight excluding hydrogens is 392 g/mol. The van der Waals surface area contributed by atoms with E-state index in [1.54, 1.807) is 25.2 Å². The highest BCUT2D eigenvalue weighted by atomic mass is 16.3. The lowest BCUT2D eigenvalue weighted by Gasteiger charge is -2.30. The number of fused-ring (bicyclic) bond motifs is 1. The molecule has 164 valence electrons. The third kappa shape index (κ3) is 4.36. The van der Waals surface area contributed by atoms with Crippen molar-refractivity contribution in [2.24, 2.45) is 11.8 Å². The predicted octanol–water partition coefficient (Wildman–Crippen LogP) is 4.61. The monoisotopic (exact) mass is 422 g/mol. The van der Waals surface area contributed by atoms with Gasteiger partial charge in [-0.25, -0.2) is 0 Å². The molecule has 1 fully saturated rings. The number of carbonyl (C=O) groups is 1. The van der Waals surface area contributed by atoms with Crippen LogP contribution in [0.2, 0.25) is 0 Å². The van der Waals surface area contributed by atoms with Crippen molar-refractivity contribution in [1.82, 2.24) is 15.5 Å². The molecular formula is C24H30N4O3. The summed E-state index contributed by atoms with van der Waals surface area (Å²) >= 11 is 0. The highest BCUT2D eigenvalue weighted by Crippen LogP contribution is 2.35. The number of phenolic OH excluding ortho intramolecular Hbond substituents is 1. The molecule has 2 N–H and O–H groups in total. The van der Waals surface area contributed by atoms with Gasteiger partial charge in [0.05, 0.1) is 5.69 Å². The standard InChI is InChI=1S/C24H30N4O3/c1-14-5-6-15(2)10-17(9-14)28(4)23-8-7-19(26-27-23)18-13-21-16(11-20(18)29)12-22(31-21)24(30)25-3/h7-8,11-15,17,29H,5-6,9-10H2,1-4H3,(H,25,30)/t14-,15+,17+. The zero-order valence-corrected chi connectivity index (χ0v) is 18.6. The minimum atomic E-state index is -0.313. The van der Waals surface area contributed by atoms with E-state index < -0.39 is 0 Å². The van der Waals surface area contributed by atoms with Crippen LogP contribution in [0.1, 0.15) is 50.1 Å². The largest absolute Gasteiger partial charge is 0.507 e. The summed E-state index contributed by atoms with van der Waals surface area (Å²) in [6, 6.07) is 9.14. The molecule has 0 bridgehead atoms. The van der Waals surface area contributed by atoms with E-state index in [1.807, 2.05) is 12.1 Å². The summed E-state index contributed by atoms with van der Waals surface area (Å²) in [5.41, 5.74) is 1.58. The van der Waals surface area contributed by atoms with Gasteiger partial charge in [-0.05, 0) is 55.0 Å². The van der Waals surface area contributed by atoms with Gasteiger partial charge in [-0.1, -0.05) is 26.7 Å². The number of carbonyl (C=O) groups excluding carboxylic acids is 1. The summed E-state index contributed by atoms with van der Waals surface area (Å²) in [5.74, 6) is 2.20. The Balaban J connectivity index is 1.59. The van der Waals surface area contributed by atoms with E-state index in [9.17, 15) is 9.90 Å². The lowest BCUT2D eigenvalue weighted by molar-refractivity contribution is 0.0938. The summed E-state index contributed by atoms with van der Waals surface area (Å²) in [6.07, 6.45) is 4.89. The molecule has 1 aromatic carbocycles. The molecule has 0 unspecified atom stereocenters. The van der Waals surface area contributed by atoms with Gasteiger partial charge in [0.2, 0.25) is 0 Å². The zero-order valence-electron chi connectivity index (χ0n) is 18.6. The Hall–Kier alpha value is -3.09. The minimum Gasteiger partial charge on any atom is -0.507 e. The lowest BCUT2D eigenvalue weighted by Crippen LogP contribution is -2.34. The highest BCUT2D eigenvalue weighted by Gasteiger charge is 2.25. The Labute approximate surface area is 182 Å². The lowest BCUT2D eigenvalue weighted by atomic mass is 9.98. The fourth-order valence-electron chi connectivity index (χ4n) is 4.51. The van der Waals surface area contributed by atoms with Crippen molar-refractivity contribution in [2.45, 2.75) is 45.6 Å². The van der Waals surface area contributed by atoms with Crippen LogP contribution in [0.5, 0.6) is 5.75 Å². The van der Waals surface area contributed by atoms with E-state index in [2.05, 4.69) is 41.3 Å². The van der Waals surface area contributed by atoms with Crippen LogP contribution in [0.25, 0.3) is 22.2 Å². The number of furan rings is 1. The van der Waals surface area contributed by atoms with Crippen molar-refractivity contribution < 1.29 is 14.3 Å². The van der Waals surface area contributed by atoms with Crippen molar-refractivity contribution in [2.75, 3.05) is 19.0 Å². The summed E-state index contributed by atoms with van der Waals surface area (Å²) in [6.45, 7) is 4.66. The van der Waals surface area contributed by atoms with Gasteiger partial charge in [0.15, 0.2) is 11.6 Å². The molecule has 3 atom stereocenters. The smallest absolute Gasteiger partial charge is 0.286 e. The number of aromatic nitrogens is 2. The first kappa shape index (κ1) is 21.2. The van der Waals surface area contributed by atoms with E-state index >= 15 is 0 Å². The SMILES string of the molecule is CNC(=O)c1cc2cc(O)c(-c3ccc(N(C)[C@H]4C[C@H](C)CC[C@H](C)C4)nn3)cc2o1. The van der Waals surface area contributed by atoms with Crippen LogP contribution >= 0.6 is 0 Å². The molecule has 7 heteroatoms. The number of benzene rings is 1. The van der Waals surface area contributed by atoms with Crippen molar-refractivity contribution in [1.29, 1.82) is 0 Å². The molecule has 31 heavy (non-hydrogen) atoms. The van der Waals surface area contributed by atoms with Crippen molar-refractivity contribution in [3.8, 4) is 17.0 Å². The maximum absolute atomic E-state index is 11.8. The normalized spacial score (nSPS) is 21.6. The number of rotatable bonds is 4. The van der Waals surface area contributed by atoms with E-state index in [4.69, 9.17) is 4.42 Å². The Morgan fingerprint density at radius 3 is 2.45 bits per heavy atom. The first-order valence-corrected chi connectivity index (χ1v) is 10.9. The average Bonchev–Trinajstić information content (AvgIpc) is 3.10. The van der Waals surface area contributed by atoms with Crippen molar-refractivity contribution in [3.63, 3.8) is 0 Å². The number of hydrogen-bond donors (Lipinski definition) is 2. The van der Waals surface area contributed by atoms with Crippen LogP contribution in [0, 0.1) is 11.8 Å². The Bertz CT molecular complexity index is 1060. The summed E-state index contributed by atoms with van der Waals surface area (Å²) in [4.78, 5) is 14.1. The fourth-order valence-corrected chi connectivity index (χ4v) is 4.51. The Kier molecular flexibility index (Phi) is 5.85. The molecule has 0 saturated heterocycles. The Morgan fingerprint density at radius 2 is 1.84 bits per heavy atom. The van der Waals surface area contributed by atoms with Crippen molar-refractivity contribution >= 4 is 22.7 Å². The van der Waals surface area contributed by atoms with Crippen LogP contribution in [-0.4, -0.2) is 41.3 Å². The van der Waals surface area contributed by atoms with Crippen LogP contribution in [0.3, 0.4) is 0 Å². The molecule has 0 aliphatic heterocycles. The third-order valence-corrected chi connectivity index (χ3v) is 6.42. The average molecular weight is 423 g/mol. The van der Waals surface area contributed by atoms with E-state index in [0.29, 0.717) is 40.1 Å². The van der Waals surface area contributed by atoms with Crippen LogP contribution in [-0.2, 0) is 0 Å². The van der Waals surface area contributed by atoms with E-state index in [-0.39, 0.29) is 17.4 Å². The highest BCUT2D eigenvalue weighted by molar-refractivity contribution is 5.97. The third-order valence-electron chi connectivity index (χ3n) is 6.42. The summed E-state index contributed by atoms with van der Waals surface area (Å²) < 4.78 is 5.63. The Morgan fingerprint density at radius 1 is 1.13 bits per heavy atom. The van der Waals surface area contributed by atoms with Gasteiger partial charge in [-0.2, -0.15) is 0 Å². The van der Waals surface area contributed by atoms with Gasteiger partial charge in [-0.3, -0.25) is 4.79 Å². The molecule has 1 aliphatic rings. The number of anilines is 1. The maximum Gasteiger partial charge on any atom is 0.286 e. The maximum atomic E-state index is 11.8. The number of nitrogens with zero attached hydrogens (tertiary/aromatic N) is 3. The number of nitrogens with one attached hydrogen (secondary N) is 1. The van der Waals surface area contributed by atoms with Gasteiger partial charge in [0, 0.05) is 31.1 Å². The summed E-state index contributed by atoms with van der Waals surface area (Å²) in [7, 11) is 3.63. The summed E-state index contributed by atoms with van der Waals surface area (Å²) in [5, 5.41) is 22.5. The molecule has 1 amide bonds. The molecule has 1 saturated carbocycles. The number of hydrogen-bond acceptors (Lipinski definition) is 6. The van der Waals surface area contributed by atoms with Crippen molar-refractivity contribution in [3.05, 3.63) is 36.1 Å². The van der Waals surface area contributed by atoms with Gasteiger partial charge in [0.25, 0.3) is 5.91 Å². The minimum absolute atomic E-state index is 0.0681. The zero-order chi connectivity index (χ0) is 22.1. The molecule has 7 nitrogen and oxygen atoms in total. The van der Waals surface area contributed by atoms with E-state index in [0.717, 1.165) is 18.7 Å². The first-order chi connectivity index (χ1) is 14.9. The van der Waals surface area contributed by atoms with Crippen LogP contribution in [0.15, 0.2) is 34.7 Å². The molecule has 4 rings (SSSR count). The topological polar surface area (TPSA) is 91.5 Å². The van der Waals surface area contributed by atoms with Gasteiger partial charge < -0.3 is 19.7 Å². The second-order valence-electron chi connectivity index (χ2n) is 8.90. The molecule has 1 aliphatic carbocycles. The molecule has 0 spiro atoms. The van der Waals surface area contributed by atoms with E-state index in [1.165, 1.54) is 12.8 Å². The van der Waals surface area contributed by atoms with Gasteiger partial charge >= 0.3 is 0 Å². The predicted molar refractivity (Wildman–Crippen MR) is 121 cm³/mol. The second-order valence-corrected chi connectivity index (χ2v) is 8.90. The van der Waals surface area contributed by atoms with Crippen LogP contribution in [0.4, 0.5) is 5.82 Å². The quantitative estimate of drug-likeness (QED) is 0.597.